The molecular weight excluding hydrogens is 386 g/mol. The minimum atomic E-state index is -3.66. The number of nitrogens with zero attached hydrogens (tertiary/aromatic N) is 2. The molecule has 0 spiro atoms. The summed E-state index contributed by atoms with van der Waals surface area (Å²) < 4.78 is 28.1. The van der Waals surface area contributed by atoms with Crippen LogP contribution in [0.4, 0.5) is 5.69 Å². The summed E-state index contributed by atoms with van der Waals surface area (Å²) in [5.74, 6) is -0.388. The molecule has 0 bridgehead atoms. The molecule has 1 aliphatic rings. The standard InChI is InChI=1S/C19H22ClN3O3S/c1-14-6-8-16(9-7-14)12-22-10-11-23(27(22,25)26)13-19(24)21-18-5-3-4-17(20)15(18)2/h3-9H,10-13H2,1-2H3,(H,21,24). The van der Waals surface area contributed by atoms with E-state index in [0.29, 0.717) is 23.8 Å². The Balaban J connectivity index is 1.64. The molecule has 0 radical (unpaired) electrons. The summed E-state index contributed by atoms with van der Waals surface area (Å²) in [7, 11) is -3.66. The fourth-order valence-electron chi connectivity index (χ4n) is 2.93. The lowest BCUT2D eigenvalue weighted by molar-refractivity contribution is -0.116. The normalized spacial score (nSPS) is 17.1. The molecule has 3 rings (SSSR count). The molecule has 8 heteroatoms. The first kappa shape index (κ1) is 19.8. The summed E-state index contributed by atoms with van der Waals surface area (Å²) in [5.41, 5.74) is 3.38. The Labute approximate surface area is 164 Å². The highest BCUT2D eigenvalue weighted by molar-refractivity contribution is 7.87. The van der Waals surface area contributed by atoms with E-state index in [2.05, 4.69) is 5.32 Å². The number of rotatable bonds is 5. The quantitative estimate of drug-likeness (QED) is 0.828. The molecule has 1 amide bonds. The molecule has 2 aromatic rings. The molecule has 1 saturated heterocycles. The highest BCUT2D eigenvalue weighted by Crippen LogP contribution is 2.24. The third-order valence-electron chi connectivity index (χ3n) is 4.59. The van der Waals surface area contributed by atoms with E-state index in [1.807, 2.05) is 31.2 Å². The number of nitrogens with one attached hydrogen (secondary N) is 1. The molecule has 1 fully saturated rings. The molecule has 1 aliphatic heterocycles. The third kappa shape index (κ3) is 4.50. The van der Waals surface area contributed by atoms with Gasteiger partial charge in [0.15, 0.2) is 0 Å². The van der Waals surface area contributed by atoms with E-state index in [1.165, 1.54) is 8.61 Å². The maximum atomic E-state index is 12.7. The van der Waals surface area contributed by atoms with Gasteiger partial charge in [0.25, 0.3) is 10.2 Å². The van der Waals surface area contributed by atoms with Crippen molar-refractivity contribution in [2.24, 2.45) is 0 Å². The van der Waals surface area contributed by atoms with Gasteiger partial charge in [0, 0.05) is 30.3 Å². The van der Waals surface area contributed by atoms with Crippen molar-refractivity contribution < 1.29 is 13.2 Å². The van der Waals surface area contributed by atoms with Gasteiger partial charge >= 0.3 is 0 Å². The highest BCUT2D eigenvalue weighted by Gasteiger charge is 2.37. The monoisotopic (exact) mass is 407 g/mol. The zero-order valence-corrected chi connectivity index (χ0v) is 16.8. The predicted molar refractivity (Wildman–Crippen MR) is 107 cm³/mol. The Morgan fingerprint density at radius 3 is 2.44 bits per heavy atom. The number of benzene rings is 2. The van der Waals surface area contributed by atoms with Gasteiger partial charge in [0.2, 0.25) is 5.91 Å². The van der Waals surface area contributed by atoms with Gasteiger partial charge in [0.1, 0.15) is 0 Å². The maximum Gasteiger partial charge on any atom is 0.282 e. The largest absolute Gasteiger partial charge is 0.325 e. The molecule has 0 atom stereocenters. The molecular formula is C19H22ClN3O3S. The van der Waals surface area contributed by atoms with Crippen molar-refractivity contribution in [3.63, 3.8) is 0 Å². The maximum absolute atomic E-state index is 12.7. The Hall–Kier alpha value is -1.93. The van der Waals surface area contributed by atoms with Gasteiger partial charge in [-0.15, -0.1) is 0 Å². The average molecular weight is 408 g/mol. The van der Waals surface area contributed by atoms with Gasteiger partial charge in [0.05, 0.1) is 6.54 Å². The van der Waals surface area contributed by atoms with Crippen LogP contribution in [0.5, 0.6) is 0 Å². The van der Waals surface area contributed by atoms with E-state index in [9.17, 15) is 13.2 Å². The van der Waals surface area contributed by atoms with Crippen LogP contribution < -0.4 is 5.32 Å². The zero-order chi connectivity index (χ0) is 19.6. The van der Waals surface area contributed by atoms with Crippen LogP contribution in [-0.2, 0) is 21.5 Å². The Morgan fingerprint density at radius 1 is 1.07 bits per heavy atom. The molecule has 0 aliphatic carbocycles. The first-order valence-electron chi connectivity index (χ1n) is 8.63. The molecule has 27 heavy (non-hydrogen) atoms. The molecule has 144 valence electrons. The fourth-order valence-corrected chi connectivity index (χ4v) is 4.65. The van der Waals surface area contributed by atoms with Crippen LogP contribution in [0.2, 0.25) is 5.02 Å². The van der Waals surface area contributed by atoms with Gasteiger partial charge < -0.3 is 5.32 Å². The van der Waals surface area contributed by atoms with Gasteiger partial charge in [-0.1, -0.05) is 47.5 Å². The second-order valence-corrected chi connectivity index (χ2v) is 8.96. The minimum absolute atomic E-state index is 0.224. The smallest absolute Gasteiger partial charge is 0.282 e. The number of hydrogen-bond donors (Lipinski definition) is 1. The fraction of sp³-hybridized carbons (Fsp3) is 0.316. The summed E-state index contributed by atoms with van der Waals surface area (Å²) in [6.07, 6.45) is 0. The van der Waals surface area contributed by atoms with Crippen LogP contribution in [0.3, 0.4) is 0 Å². The lowest BCUT2D eigenvalue weighted by Gasteiger charge is -2.19. The van der Waals surface area contributed by atoms with Crippen molar-refractivity contribution in [2.75, 3.05) is 25.0 Å². The summed E-state index contributed by atoms with van der Waals surface area (Å²) in [6.45, 7) is 4.51. The van der Waals surface area contributed by atoms with Gasteiger partial charge in [-0.2, -0.15) is 17.0 Å². The number of aryl methyl sites for hydroxylation is 1. The number of carbonyl (C=O) groups is 1. The topological polar surface area (TPSA) is 69.7 Å². The van der Waals surface area contributed by atoms with Crippen LogP contribution in [-0.4, -0.2) is 42.6 Å². The van der Waals surface area contributed by atoms with Crippen LogP contribution in [0.1, 0.15) is 16.7 Å². The van der Waals surface area contributed by atoms with E-state index in [4.69, 9.17) is 11.6 Å². The number of anilines is 1. The molecule has 0 aromatic heterocycles. The Bertz CT molecular complexity index is 945. The third-order valence-corrected chi connectivity index (χ3v) is 6.93. The number of carbonyl (C=O) groups excluding carboxylic acids is 1. The van der Waals surface area contributed by atoms with E-state index < -0.39 is 10.2 Å². The SMILES string of the molecule is Cc1ccc(CN2CCN(CC(=O)Nc3cccc(Cl)c3C)S2(=O)=O)cc1. The highest BCUT2D eigenvalue weighted by atomic mass is 35.5. The molecule has 0 unspecified atom stereocenters. The van der Waals surface area contributed by atoms with Crippen molar-refractivity contribution in [1.29, 1.82) is 0 Å². The first-order valence-corrected chi connectivity index (χ1v) is 10.4. The molecule has 1 heterocycles. The zero-order valence-electron chi connectivity index (χ0n) is 15.3. The van der Waals surface area contributed by atoms with Crippen LogP contribution >= 0.6 is 11.6 Å². The molecule has 1 N–H and O–H groups in total. The van der Waals surface area contributed by atoms with Crippen molar-refractivity contribution in [3.8, 4) is 0 Å². The minimum Gasteiger partial charge on any atom is -0.325 e. The second-order valence-electron chi connectivity index (χ2n) is 6.62. The lowest BCUT2D eigenvalue weighted by atomic mass is 10.1. The Kier molecular flexibility index (Phi) is 5.86. The first-order chi connectivity index (χ1) is 12.8. The summed E-state index contributed by atoms with van der Waals surface area (Å²) in [5, 5.41) is 3.29. The van der Waals surface area contributed by atoms with E-state index >= 15 is 0 Å². The summed E-state index contributed by atoms with van der Waals surface area (Å²) >= 11 is 6.05. The molecule has 0 saturated carbocycles. The van der Waals surface area contributed by atoms with Gasteiger partial charge in [-0.3, -0.25) is 4.79 Å². The number of amides is 1. The van der Waals surface area contributed by atoms with Crippen LogP contribution in [0.25, 0.3) is 0 Å². The molecule has 6 nitrogen and oxygen atoms in total. The van der Waals surface area contributed by atoms with Crippen molar-refractivity contribution in [2.45, 2.75) is 20.4 Å². The van der Waals surface area contributed by atoms with Gasteiger partial charge in [-0.25, -0.2) is 0 Å². The Morgan fingerprint density at radius 2 is 1.74 bits per heavy atom. The van der Waals surface area contributed by atoms with E-state index in [1.54, 1.807) is 25.1 Å². The number of halogens is 1. The predicted octanol–water partition coefficient (Wildman–Crippen LogP) is 2.96. The van der Waals surface area contributed by atoms with Crippen LogP contribution in [0.15, 0.2) is 42.5 Å². The summed E-state index contributed by atoms with van der Waals surface area (Å²) in [6, 6.07) is 13.0. The second kappa shape index (κ2) is 7.98. The lowest BCUT2D eigenvalue weighted by Crippen LogP contribution is -2.37. The summed E-state index contributed by atoms with van der Waals surface area (Å²) in [4.78, 5) is 12.3. The van der Waals surface area contributed by atoms with Crippen molar-refractivity contribution >= 4 is 33.4 Å². The van der Waals surface area contributed by atoms with Crippen molar-refractivity contribution in [3.05, 3.63) is 64.2 Å². The number of hydrogen-bond acceptors (Lipinski definition) is 3. The van der Waals surface area contributed by atoms with E-state index in [0.717, 1.165) is 16.7 Å². The molecule has 2 aromatic carbocycles. The van der Waals surface area contributed by atoms with Crippen molar-refractivity contribution in [1.82, 2.24) is 8.61 Å². The van der Waals surface area contributed by atoms with E-state index in [-0.39, 0.29) is 19.0 Å². The van der Waals surface area contributed by atoms with Crippen LogP contribution in [0, 0.1) is 13.8 Å². The average Bonchev–Trinajstić information content (AvgIpc) is 2.88. The van der Waals surface area contributed by atoms with Gasteiger partial charge in [-0.05, 0) is 37.1 Å².